The Morgan fingerprint density at radius 3 is 2.00 bits per heavy atom. The number of likely N-dealkylation sites (tertiary alicyclic amines) is 1. The van der Waals surface area contributed by atoms with E-state index in [1.807, 2.05) is 0 Å². The van der Waals surface area contributed by atoms with Crippen molar-refractivity contribution >= 4 is 23.0 Å². The van der Waals surface area contributed by atoms with E-state index in [9.17, 15) is 26.3 Å². The molecule has 2 atom stereocenters. The number of halogens is 6. The summed E-state index contributed by atoms with van der Waals surface area (Å²) < 4.78 is 77.7. The van der Waals surface area contributed by atoms with Crippen LogP contribution in [0.5, 0.6) is 0 Å². The second-order valence-electron chi connectivity index (χ2n) is 7.34. The first-order valence-electron chi connectivity index (χ1n) is 9.12. The van der Waals surface area contributed by atoms with Crippen molar-refractivity contribution in [3.8, 4) is 0 Å². The smallest absolute Gasteiger partial charge is 0.359 e. The summed E-state index contributed by atoms with van der Waals surface area (Å²) in [5.74, 6) is 0.380. The molecule has 1 aromatic rings. The van der Waals surface area contributed by atoms with Crippen LogP contribution in [0, 0.1) is 5.92 Å². The molecule has 3 nitrogen and oxygen atoms in total. The Balaban J connectivity index is 1.64. The zero-order valence-corrected chi connectivity index (χ0v) is 15.8. The van der Waals surface area contributed by atoms with E-state index in [0.29, 0.717) is 18.1 Å². The van der Waals surface area contributed by atoms with Crippen LogP contribution in [0.25, 0.3) is 0 Å². The minimum atomic E-state index is -4.89. The van der Waals surface area contributed by atoms with Crippen molar-refractivity contribution in [2.75, 3.05) is 25.0 Å². The highest BCUT2D eigenvalue weighted by Crippen LogP contribution is 2.37. The fourth-order valence-corrected chi connectivity index (χ4v) is 3.91. The van der Waals surface area contributed by atoms with E-state index in [-0.39, 0.29) is 22.9 Å². The van der Waals surface area contributed by atoms with Crippen LogP contribution in [0.1, 0.15) is 36.8 Å². The molecule has 1 aliphatic heterocycles. The Labute approximate surface area is 164 Å². The molecule has 2 fully saturated rings. The van der Waals surface area contributed by atoms with E-state index in [1.54, 1.807) is 0 Å². The fraction of sp³-hybridized carbons (Fsp3) is 0.611. The number of benzene rings is 1. The lowest BCUT2D eigenvalue weighted by molar-refractivity contribution is -0.143. The Morgan fingerprint density at radius 1 is 0.964 bits per heavy atom. The van der Waals surface area contributed by atoms with Gasteiger partial charge in [-0.25, -0.2) is 0 Å². The fourth-order valence-electron chi connectivity index (χ4n) is 3.64. The maximum absolute atomic E-state index is 12.9. The molecule has 2 aliphatic rings. The summed E-state index contributed by atoms with van der Waals surface area (Å²) in [7, 11) is 0. The standard InChI is InChI=1S/C18H21F6N3S/c19-17(20,21)12-7-13(18(22,23)24)9-14(8-12)25-16(28)26-15-4-3-11(15)10-27-5-1-2-6-27/h7-9,11,15H,1-6,10H2,(H2,25,26,28)/t11-,15-/m0/s1. The summed E-state index contributed by atoms with van der Waals surface area (Å²) in [4.78, 5) is 2.37. The maximum Gasteiger partial charge on any atom is 0.416 e. The monoisotopic (exact) mass is 425 g/mol. The molecule has 0 aromatic heterocycles. The molecule has 1 aliphatic carbocycles. The zero-order valence-electron chi connectivity index (χ0n) is 15.0. The molecule has 2 N–H and O–H groups in total. The van der Waals surface area contributed by atoms with Crippen LogP contribution in [-0.2, 0) is 12.4 Å². The highest BCUT2D eigenvalue weighted by atomic mass is 32.1. The van der Waals surface area contributed by atoms with Crippen molar-refractivity contribution in [2.24, 2.45) is 5.92 Å². The van der Waals surface area contributed by atoms with Crippen LogP contribution in [0.4, 0.5) is 32.0 Å². The first-order valence-corrected chi connectivity index (χ1v) is 9.52. The lowest BCUT2D eigenvalue weighted by atomic mass is 9.79. The van der Waals surface area contributed by atoms with Crippen LogP contribution in [-0.4, -0.2) is 35.7 Å². The van der Waals surface area contributed by atoms with Gasteiger partial charge in [0.15, 0.2) is 5.11 Å². The molecule has 0 unspecified atom stereocenters. The molecule has 0 spiro atoms. The van der Waals surface area contributed by atoms with Crippen LogP contribution in [0.2, 0.25) is 0 Å². The first kappa shape index (κ1) is 21.2. The summed E-state index contributed by atoms with van der Waals surface area (Å²) in [6.45, 7) is 3.06. The van der Waals surface area contributed by atoms with E-state index in [1.165, 1.54) is 12.8 Å². The van der Waals surface area contributed by atoms with Crippen LogP contribution < -0.4 is 10.6 Å². The van der Waals surface area contributed by atoms with Gasteiger partial charge in [0.05, 0.1) is 11.1 Å². The number of nitrogens with zero attached hydrogens (tertiary/aromatic N) is 1. The lowest BCUT2D eigenvalue weighted by Crippen LogP contribution is -2.51. The van der Waals surface area contributed by atoms with Gasteiger partial charge in [-0.15, -0.1) is 0 Å². The minimum absolute atomic E-state index is 0.0311. The summed E-state index contributed by atoms with van der Waals surface area (Å²) >= 11 is 5.12. The second-order valence-corrected chi connectivity index (χ2v) is 7.75. The van der Waals surface area contributed by atoms with Gasteiger partial charge in [-0.3, -0.25) is 0 Å². The Morgan fingerprint density at radius 2 is 1.54 bits per heavy atom. The molecule has 0 bridgehead atoms. The highest BCUT2D eigenvalue weighted by Gasteiger charge is 2.37. The average Bonchev–Trinajstić information content (AvgIpc) is 3.08. The summed E-state index contributed by atoms with van der Waals surface area (Å²) in [6, 6.07) is 1.44. The molecule has 1 aromatic carbocycles. The molecule has 3 rings (SSSR count). The third kappa shape index (κ3) is 5.28. The van der Waals surface area contributed by atoms with E-state index < -0.39 is 23.5 Å². The molecule has 1 heterocycles. The van der Waals surface area contributed by atoms with Crippen LogP contribution in [0.3, 0.4) is 0 Å². The number of hydrogen-bond donors (Lipinski definition) is 2. The van der Waals surface area contributed by atoms with Crippen molar-refractivity contribution < 1.29 is 26.3 Å². The molecule has 156 valence electrons. The molecule has 10 heteroatoms. The van der Waals surface area contributed by atoms with Gasteiger partial charge in [-0.1, -0.05) is 0 Å². The third-order valence-corrected chi connectivity index (χ3v) is 5.49. The van der Waals surface area contributed by atoms with E-state index in [0.717, 1.165) is 32.5 Å². The maximum atomic E-state index is 12.9. The predicted octanol–water partition coefficient (Wildman–Crippen LogP) is 4.89. The SMILES string of the molecule is FC(F)(F)c1cc(NC(=S)N[C@H]2CC[C@H]2CN2CCCC2)cc(C(F)(F)F)c1. The van der Waals surface area contributed by atoms with Gasteiger partial charge < -0.3 is 15.5 Å². The van der Waals surface area contributed by atoms with Gasteiger partial charge in [0.1, 0.15) is 0 Å². The summed E-state index contributed by atoms with van der Waals surface area (Å²) in [6.07, 6.45) is -5.51. The topological polar surface area (TPSA) is 27.3 Å². The van der Waals surface area contributed by atoms with E-state index >= 15 is 0 Å². The molecular weight excluding hydrogens is 404 g/mol. The normalized spacial score (nSPS) is 23.4. The molecule has 1 saturated carbocycles. The molecule has 0 amide bonds. The van der Waals surface area contributed by atoms with Crippen LogP contribution >= 0.6 is 12.2 Å². The van der Waals surface area contributed by atoms with Crippen molar-refractivity contribution in [3.05, 3.63) is 29.3 Å². The third-order valence-electron chi connectivity index (χ3n) is 5.27. The Bertz CT molecular complexity index is 680. The number of thiocarbonyl (C=S) groups is 1. The van der Waals surface area contributed by atoms with E-state index in [2.05, 4.69) is 15.5 Å². The van der Waals surface area contributed by atoms with Gasteiger partial charge in [0, 0.05) is 18.3 Å². The summed E-state index contributed by atoms with van der Waals surface area (Å²) in [5.41, 5.74) is -3.08. The number of alkyl halides is 6. The molecular formula is C18H21F6N3S. The van der Waals surface area contributed by atoms with Gasteiger partial charge in [-0.05, 0) is 75.1 Å². The highest BCUT2D eigenvalue weighted by molar-refractivity contribution is 7.80. The first-order chi connectivity index (χ1) is 13.0. The van der Waals surface area contributed by atoms with Gasteiger partial charge in [0.25, 0.3) is 0 Å². The Hall–Kier alpha value is -1.55. The molecule has 0 radical (unpaired) electrons. The van der Waals surface area contributed by atoms with E-state index in [4.69, 9.17) is 12.2 Å². The van der Waals surface area contributed by atoms with Crippen molar-refractivity contribution in [2.45, 2.75) is 44.1 Å². The van der Waals surface area contributed by atoms with Crippen molar-refractivity contribution in [3.63, 3.8) is 0 Å². The molecule has 28 heavy (non-hydrogen) atoms. The minimum Gasteiger partial charge on any atom is -0.359 e. The Kier molecular flexibility index (Phi) is 6.09. The van der Waals surface area contributed by atoms with Crippen molar-refractivity contribution in [1.29, 1.82) is 0 Å². The average molecular weight is 425 g/mol. The predicted molar refractivity (Wildman–Crippen MR) is 98.0 cm³/mol. The van der Waals surface area contributed by atoms with Gasteiger partial charge >= 0.3 is 12.4 Å². The van der Waals surface area contributed by atoms with Gasteiger partial charge in [-0.2, -0.15) is 26.3 Å². The van der Waals surface area contributed by atoms with Crippen molar-refractivity contribution in [1.82, 2.24) is 10.2 Å². The quantitative estimate of drug-likeness (QED) is 0.531. The zero-order chi connectivity index (χ0) is 20.5. The lowest BCUT2D eigenvalue weighted by Gasteiger charge is -2.40. The number of rotatable bonds is 4. The van der Waals surface area contributed by atoms with Gasteiger partial charge in [0.2, 0.25) is 0 Å². The second kappa shape index (κ2) is 8.06. The van der Waals surface area contributed by atoms with Crippen LogP contribution in [0.15, 0.2) is 18.2 Å². The summed E-state index contributed by atoms with van der Waals surface area (Å²) in [5, 5.41) is 5.55. The number of nitrogens with one attached hydrogen (secondary N) is 2. The number of hydrogen-bond acceptors (Lipinski definition) is 2. The number of anilines is 1. The largest absolute Gasteiger partial charge is 0.416 e. The molecule has 1 saturated heterocycles.